The molecule has 166 valence electrons. The van der Waals surface area contributed by atoms with Crippen LogP contribution >= 0.6 is 30.0 Å². The number of nitrogens with two attached hydrogens (primary N) is 1. The predicted octanol–water partition coefficient (Wildman–Crippen LogP) is 4.64. The van der Waals surface area contributed by atoms with E-state index >= 15 is 0 Å². The number of aryl methyl sites for hydroxylation is 1. The Kier molecular flexibility index (Phi) is 7.90. The molecule has 1 aromatic carbocycles. The number of hydrogen-bond donors (Lipinski definition) is 1. The van der Waals surface area contributed by atoms with Crippen molar-refractivity contribution in [2.24, 2.45) is 0 Å². The number of fused-ring (bicyclic) bond motifs is 1. The molecule has 3 aromatic rings. The van der Waals surface area contributed by atoms with Gasteiger partial charge in [0.05, 0.1) is 25.1 Å². The van der Waals surface area contributed by atoms with E-state index < -0.39 is 8.38 Å². The van der Waals surface area contributed by atoms with Crippen molar-refractivity contribution in [3.8, 4) is 5.75 Å². The molecule has 4 rings (SSSR count). The standard InChI is InChI=1S/C20H26N5O3PS2/c1-14-5-3-4-6-17(14)28-29(27-16-7-8-30-31-10-16)13-26-15(2)9-25-12-24-18-19(21)22-11-23-20(18)25/h3-6,11-12,15-16H,7-10,13H2,1-2H3,(H2,21,22,23)/t15?,16-,29?/m1/s1. The molecule has 0 saturated carbocycles. The van der Waals surface area contributed by atoms with Crippen LogP contribution in [0.3, 0.4) is 0 Å². The number of para-hydroxylation sites is 1. The van der Waals surface area contributed by atoms with Gasteiger partial charge >= 0.3 is 0 Å². The molecule has 0 spiro atoms. The van der Waals surface area contributed by atoms with Crippen molar-refractivity contribution >= 4 is 46.9 Å². The summed E-state index contributed by atoms with van der Waals surface area (Å²) in [4.78, 5) is 12.6. The van der Waals surface area contributed by atoms with Gasteiger partial charge in [-0.05, 0) is 31.9 Å². The van der Waals surface area contributed by atoms with Gasteiger partial charge in [-0.25, -0.2) is 15.0 Å². The lowest BCUT2D eigenvalue weighted by molar-refractivity contribution is 0.0764. The van der Waals surface area contributed by atoms with Crippen LogP contribution in [-0.4, -0.2) is 49.6 Å². The maximum atomic E-state index is 6.35. The zero-order chi connectivity index (χ0) is 21.6. The first kappa shape index (κ1) is 22.6. The third-order valence-electron chi connectivity index (χ3n) is 4.77. The number of imidazole rings is 1. The Morgan fingerprint density at radius 3 is 2.94 bits per heavy atom. The molecule has 1 fully saturated rings. The van der Waals surface area contributed by atoms with Crippen LogP contribution in [0.1, 0.15) is 18.9 Å². The first-order chi connectivity index (χ1) is 15.1. The molecule has 0 aliphatic carbocycles. The average Bonchev–Trinajstić information content (AvgIpc) is 3.18. The van der Waals surface area contributed by atoms with Crippen LogP contribution in [0, 0.1) is 6.92 Å². The van der Waals surface area contributed by atoms with Crippen molar-refractivity contribution in [1.29, 1.82) is 0 Å². The van der Waals surface area contributed by atoms with Crippen molar-refractivity contribution < 1.29 is 13.8 Å². The van der Waals surface area contributed by atoms with Gasteiger partial charge < -0.3 is 24.1 Å². The molecule has 2 unspecified atom stereocenters. The topological polar surface area (TPSA) is 97.3 Å². The van der Waals surface area contributed by atoms with Crippen LogP contribution in [0.15, 0.2) is 36.9 Å². The number of nitrogen functional groups attached to an aromatic ring is 1. The van der Waals surface area contributed by atoms with Gasteiger partial charge in [-0.3, -0.25) is 0 Å². The molecular formula is C20H26N5O3PS2. The summed E-state index contributed by atoms with van der Waals surface area (Å²) in [6.45, 7) is 4.65. The largest absolute Gasteiger partial charge is 0.445 e. The summed E-state index contributed by atoms with van der Waals surface area (Å²) in [6.07, 6.45) is 4.70. The smallest absolute Gasteiger partial charge is 0.258 e. The Balaban J connectivity index is 1.39. The number of ether oxygens (including phenoxy) is 1. The zero-order valence-electron chi connectivity index (χ0n) is 17.5. The second-order valence-corrected chi connectivity index (χ2v) is 11.2. The Bertz CT molecular complexity index is 1000. The van der Waals surface area contributed by atoms with Crippen LogP contribution in [0.4, 0.5) is 5.82 Å². The lowest BCUT2D eigenvalue weighted by atomic mass is 10.2. The minimum atomic E-state index is -1.23. The van der Waals surface area contributed by atoms with Crippen LogP contribution < -0.4 is 10.3 Å². The molecule has 31 heavy (non-hydrogen) atoms. The van der Waals surface area contributed by atoms with Crippen molar-refractivity contribution in [2.75, 3.05) is 23.6 Å². The third-order valence-corrected chi connectivity index (χ3v) is 8.55. The van der Waals surface area contributed by atoms with Gasteiger partial charge in [0.1, 0.15) is 23.9 Å². The third kappa shape index (κ3) is 6.02. The number of benzene rings is 1. The summed E-state index contributed by atoms with van der Waals surface area (Å²) in [7, 11) is 2.53. The average molecular weight is 480 g/mol. The van der Waals surface area contributed by atoms with E-state index in [2.05, 4.69) is 15.0 Å². The zero-order valence-corrected chi connectivity index (χ0v) is 20.0. The Hall–Kier alpha value is -1.58. The molecule has 11 heteroatoms. The molecular weight excluding hydrogens is 453 g/mol. The Morgan fingerprint density at radius 2 is 2.13 bits per heavy atom. The lowest BCUT2D eigenvalue weighted by Crippen LogP contribution is -2.21. The van der Waals surface area contributed by atoms with Crippen LogP contribution in [0.2, 0.25) is 0 Å². The molecule has 3 atom stereocenters. The quantitative estimate of drug-likeness (QED) is 0.348. The number of anilines is 1. The van der Waals surface area contributed by atoms with E-state index in [9.17, 15) is 0 Å². The van der Waals surface area contributed by atoms with E-state index in [0.717, 1.165) is 29.2 Å². The lowest BCUT2D eigenvalue weighted by Gasteiger charge is -2.27. The maximum Gasteiger partial charge on any atom is 0.258 e. The highest BCUT2D eigenvalue weighted by atomic mass is 33.1. The van der Waals surface area contributed by atoms with Gasteiger partial charge in [0, 0.05) is 11.5 Å². The molecule has 3 heterocycles. The number of aromatic nitrogens is 4. The van der Waals surface area contributed by atoms with E-state index in [0.29, 0.717) is 29.9 Å². The molecule has 2 N–H and O–H groups in total. The van der Waals surface area contributed by atoms with Crippen LogP contribution in [-0.2, 0) is 15.8 Å². The number of nitrogens with zero attached hydrogens (tertiary/aromatic N) is 4. The number of hydrogen-bond acceptors (Lipinski definition) is 9. The fraction of sp³-hybridized carbons (Fsp3) is 0.450. The van der Waals surface area contributed by atoms with E-state index in [-0.39, 0.29) is 12.2 Å². The van der Waals surface area contributed by atoms with Gasteiger partial charge in [0.25, 0.3) is 8.38 Å². The van der Waals surface area contributed by atoms with Crippen molar-refractivity contribution in [3.05, 3.63) is 42.5 Å². The Labute approximate surface area is 191 Å². The SMILES string of the molecule is Cc1ccccc1OP(COC(C)Cn1cnc2c(N)ncnc21)O[C@@H]1CCSSC1. The summed E-state index contributed by atoms with van der Waals surface area (Å²) < 4.78 is 20.7. The molecule has 0 amide bonds. The van der Waals surface area contributed by atoms with Gasteiger partial charge in [-0.2, -0.15) is 0 Å². The molecule has 2 aromatic heterocycles. The first-order valence-electron chi connectivity index (χ1n) is 10.1. The minimum Gasteiger partial charge on any atom is -0.445 e. The van der Waals surface area contributed by atoms with E-state index in [4.69, 9.17) is 19.5 Å². The number of rotatable bonds is 9. The van der Waals surface area contributed by atoms with Crippen molar-refractivity contribution in [1.82, 2.24) is 19.5 Å². The normalized spacial score (nSPS) is 18.7. The summed E-state index contributed by atoms with van der Waals surface area (Å²) in [5.74, 6) is 3.29. The summed E-state index contributed by atoms with van der Waals surface area (Å²) >= 11 is 0. The molecule has 1 aliphatic rings. The molecule has 1 saturated heterocycles. The van der Waals surface area contributed by atoms with E-state index in [1.807, 2.05) is 64.3 Å². The Morgan fingerprint density at radius 1 is 1.26 bits per heavy atom. The minimum absolute atomic E-state index is 0.0843. The summed E-state index contributed by atoms with van der Waals surface area (Å²) in [5.41, 5.74) is 8.28. The second kappa shape index (κ2) is 10.8. The van der Waals surface area contributed by atoms with E-state index in [1.54, 1.807) is 6.33 Å². The molecule has 1 aliphatic heterocycles. The van der Waals surface area contributed by atoms with Gasteiger partial charge in [0.15, 0.2) is 11.5 Å². The highest BCUT2D eigenvalue weighted by Crippen LogP contribution is 2.45. The monoisotopic (exact) mass is 479 g/mol. The van der Waals surface area contributed by atoms with E-state index in [1.165, 1.54) is 6.33 Å². The van der Waals surface area contributed by atoms with Crippen LogP contribution in [0.5, 0.6) is 5.75 Å². The molecule has 0 radical (unpaired) electrons. The fourth-order valence-corrected chi connectivity index (χ4v) is 7.01. The molecule has 8 nitrogen and oxygen atoms in total. The summed E-state index contributed by atoms with van der Waals surface area (Å²) in [6, 6.07) is 8.00. The predicted molar refractivity (Wildman–Crippen MR) is 128 cm³/mol. The molecule has 0 bridgehead atoms. The van der Waals surface area contributed by atoms with Crippen molar-refractivity contribution in [2.45, 2.75) is 39.0 Å². The van der Waals surface area contributed by atoms with Gasteiger partial charge in [0.2, 0.25) is 0 Å². The fourth-order valence-electron chi connectivity index (χ4n) is 3.09. The maximum absolute atomic E-state index is 6.35. The van der Waals surface area contributed by atoms with Crippen LogP contribution in [0.25, 0.3) is 11.2 Å². The van der Waals surface area contributed by atoms with Gasteiger partial charge in [-0.15, -0.1) is 0 Å². The van der Waals surface area contributed by atoms with Gasteiger partial charge in [-0.1, -0.05) is 39.8 Å². The van der Waals surface area contributed by atoms with Crippen molar-refractivity contribution in [3.63, 3.8) is 0 Å². The second-order valence-electron chi connectivity index (χ2n) is 7.25. The highest BCUT2D eigenvalue weighted by molar-refractivity contribution is 8.76. The highest BCUT2D eigenvalue weighted by Gasteiger charge is 2.24. The first-order valence-corrected chi connectivity index (χ1v) is 13.9. The summed E-state index contributed by atoms with van der Waals surface area (Å²) in [5, 5.41) is 0.